The van der Waals surface area contributed by atoms with E-state index in [1.54, 1.807) is 11.3 Å². The van der Waals surface area contributed by atoms with Crippen molar-refractivity contribution < 1.29 is 9.59 Å². The smallest absolute Gasteiger partial charge is 0.251 e. The van der Waals surface area contributed by atoms with Gasteiger partial charge in [0, 0.05) is 18.2 Å². The number of rotatable bonds is 6. The minimum absolute atomic E-state index is 0.146. The lowest BCUT2D eigenvalue weighted by Crippen LogP contribution is -2.48. The van der Waals surface area contributed by atoms with Crippen LogP contribution in [0.2, 0.25) is 0 Å². The normalized spacial score (nSPS) is 19.3. The van der Waals surface area contributed by atoms with Crippen molar-refractivity contribution in [3.63, 3.8) is 0 Å². The zero-order valence-electron chi connectivity index (χ0n) is 20.9. The highest BCUT2D eigenvalue weighted by molar-refractivity contribution is 7.21. The van der Waals surface area contributed by atoms with Crippen LogP contribution in [-0.2, 0) is 16.1 Å². The number of carbonyl (C=O) groups is 2. The molecule has 0 aliphatic carbocycles. The number of aromatic nitrogens is 1. The second kappa shape index (κ2) is 10.2. The fourth-order valence-corrected chi connectivity index (χ4v) is 6.39. The molecule has 2 saturated heterocycles. The lowest BCUT2D eigenvalue weighted by atomic mass is 10.0. The van der Waals surface area contributed by atoms with E-state index in [-0.39, 0.29) is 24.3 Å². The number of nitrogens with one attached hydrogen (secondary N) is 1. The van der Waals surface area contributed by atoms with Crippen molar-refractivity contribution in [1.29, 1.82) is 0 Å². The molecule has 4 aromatic rings. The van der Waals surface area contributed by atoms with Crippen molar-refractivity contribution in [3.05, 3.63) is 83.9 Å². The summed E-state index contributed by atoms with van der Waals surface area (Å²) in [6.45, 7) is 5.00. The molecule has 2 aliphatic rings. The summed E-state index contributed by atoms with van der Waals surface area (Å²) in [7, 11) is 0. The third-order valence-electron chi connectivity index (χ3n) is 7.34. The maximum atomic E-state index is 13.2. The maximum absolute atomic E-state index is 13.2. The number of fused-ring (bicyclic) bond motifs is 1. The Bertz CT molecular complexity index is 1430. The number of benzene rings is 3. The first-order chi connectivity index (χ1) is 18.0. The molecule has 188 valence electrons. The molecule has 0 radical (unpaired) electrons. The lowest BCUT2D eigenvalue weighted by Gasteiger charge is -2.33. The number of aryl methyl sites for hydroxylation is 1. The van der Waals surface area contributed by atoms with Crippen molar-refractivity contribution >= 4 is 39.1 Å². The van der Waals surface area contributed by atoms with Gasteiger partial charge in [0.05, 0.1) is 28.4 Å². The predicted octanol–water partition coefficient (Wildman–Crippen LogP) is 5.16. The summed E-state index contributed by atoms with van der Waals surface area (Å²) < 4.78 is 1.16. The number of nitrogens with zero attached hydrogens (tertiary/aromatic N) is 3. The first kappa shape index (κ1) is 24.0. The van der Waals surface area contributed by atoms with Crippen LogP contribution >= 0.6 is 11.3 Å². The van der Waals surface area contributed by atoms with Crippen LogP contribution in [0, 0.1) is 6.92 Å². The monoisotopic (exact) mass is 510 g/mol. The average Bonchev–Trinajstić information content (AvgIpc) is 3.45. The molecule has 2 fully saturated rings. The number of carbonyl (C=O) groups excluding carboxylic acids is 2. The Labute approximate surface area is 220 Å². The first-order valence-corrected chi connectivity index (χ1v) is 13.7. The fraction of sp³-hybridized carbons (Fsp3) is 0.300. The largest absolute Gasteiger partial charge is 0.303 e. The molecule has 6 nitrogen and oxygen atoms in total. The summed E-state index contributed by atoms with van der Waals surface area (Å²) in [5.41, 5.74) is 5.13. The summed E-state index contributed by atoms with van der Waals surface area (Å²) in [6, 6.07) is 24.2. The number of imide groups is 1. The van der Waals surface area contributed by atoms with E-state index >= 15 is 0 Å². The molecule has 2 aliphatic heterocycles. The second-order valence-electron chi connectivity index (χ2n) is 10.1. The molecule has 1 atom stereocenters. The number of anilines is 1. The lowest BCUT2D eigenvalue weighted by molar-refractivity contribution is -0.121. The van der Waals surface area contributed by atoms with E-state index < -0.39 is 6.04 Å². The zero-order valence-corrected chi connectivity index (χ0v) is 21.7. The van der Waals surface area contributed by atoms with E-state index in [0.29, 0.717) is 5.69 Å². The Hall–Kier alpha value is -3.39. The molecule has 1 N–H and O–H groups in total. The van der Waals surface area contributed by atoms with E-state index in [1.165, 1.54) is 16.0 Å². The Morgan fingerprint density at radius 1 is 0.973 bits per heavy atom. The van der Waals surface area contributed by atoms with E-state index in [1.807, 2.05) is 36.4 Å². The predicted molar refractivity (Wildman–Crippen MR) is 149 cm³/mol. The number of piperidine rings is 1. The van der Waals surface area contributed by atoms with E-state index in [4.69, 9.17) is 4.98 Å². The van der Waals surface area contributed by atoms with Gasteiger partial charge in [-0.2, -0.15) is 0 Å². The second-order valence-corrected chi connectivity index (χ2v) is 11.1. The topological polar surface area (TPSA) is 65.5 Å². The van der Waals surface area contributed by atoms with Gasteiger partial charge in [-0.25, -0.2) is 9.88 Å². The molecule has 1 aromatic heterocycles. The van der Waals surface area contributed by atoms with Crippen molar-refractivity contribution in [1.82, 2.24) is 15.2 Å². The molecular weight excluding hydrogens is 480 g/mol. The molecule has 2 amide bonds. The SMILES string of the molecule is Cc1ccc2nc(-c3ccc(N4C(=O)CC(NC5CCN(Cc6ccccc6)CC5)C4=O)cc3)sc2c1. The van der Waals surface area contributed by atoms with Gasteiger partial charge in [-0.05, 0) is 80.4 Å². The molecule has 7 heteroatoms. The van der Waals surface area contributed by atoms with Gasteiger partial charge in [0.25, 0.3) is 5.91 Å². The minimum atomic E-state index is -0.453. The summed E-state index contributed by atoms with van der Waals surface area (Å²) in [5.74, 6) is -0.299. The average molecular weight is 511 g/mol. The first-order valence-electron chi connectivity index (χ1n) is 12.9. The van der Waals surface area contributed by atoms with Gasteiger partial charge in [0.2, 0.25) is 5.91 Å². The molecule has 3 heterocycles. The Morgan fingerprint density at radius 2 is 1.73 bits per heavy atom. The number of hydrogen-bond acceptors (Lipinski definition) is 6. The van der Waals surface area contributed by atoms with Gasteiger partial charge in [-0.15, -0.1) is 11.3 Å². The molecule has 37 heavy (non-hydrogen) atoms. The van der Waals surface area contributed by atoms with Crippen molar-refractivity contribution in [2.45, 2.75) is 44.8 Å². The van der Waals surface area contributed by atoms with Crippen LogP contribution in [-0.4, -0.2) is 46.9 Å². The number of amides is 2. The van der Waals surface area contributed by atoms with Crippen LogP contribution in [0.4, 0.5) is 5.69 Å². The van der Waals surface area contributed by atoms with E-state index in [0.717, 1.165) is 53.3 Å². The highest BCUT2D eigenvalue weighted by Gasteiger charge is 2.40. The van der Waals surface area contributed by atoms with Gasteiger partial charge in [0.1, 0.15) is 5.01 Å². The third-order valence-corrected chi connectivity index (χ3v) is 8.40. The number of likely N-dealkylation sites (tertiary alicyclic amines) is 1. The minimum Gasteiger partial charge on any atom is -0.303 e. The highest BCUT2D eigenvalue weighted by Crippen LogP contribution is 2.33. The highest BCUT2D eigenvalue weighted by atomic mass is 32.1. The zero-order chi connectivity index (χ0) is 25.4. The summed E-state index contributed by atoms with van der Waals surface area (Å²) >= 11 is 1.65. The summed E-state index contributed by atoms with van der Waals surface area (Å²) in [4.78, 5) is 34.6. The van der Waals surface area contributed by atoms with Crippen LogP contribution in [0.25, 0.3) is 20.8 Å². The molecule has 0 spiro atoms. The van der Waals surface area contributed by atoms with Gasteiger partial charge in [0.15, 0.2) is 0 Å². The Morgan fingerprint density at radius 3 is 2.49 bits per heavy atom. The maximum Gasteiger partial charge on any atom is 0.251 e. The Kier molecular flexibility index (Phi) is 6.59. The number of hydrogen-bond donors (Lipinski definition) is 1. The molecule has 6 rings (SSSR count). The van der Waals surface area contributed by atoms with Crippen LogP contribution < -0.4 is 10.2 Å². The fourth-order valence-electron chi connectivity index (χ4n) is 5.33. The molecule has 1 unspecified atom stereocenters. The molecule has 0 saturated carbocycles. The molecular formula is C30H30N4O2S. The summed E-state index contributed by atoms with van der Waals surface area (Å²) in [6.07, 6.45) is 2.16. The van der Waals surface area contributed by atoms with Gasteiger partial charge in [-0.3, -0.25) is 14.5 Å². The van der Waals surface area contributed by atoms with Crippen LogP contribution in [0.5, 0.6) is 0 Å². The van der Waals surface area contributed by atoms with E-state index in [2.05, 4.69) is 53.5 Å². The molecule has 0 bridgehead atoms. The van der Waals surface area contributed by atoms with E-state index in [9.17, 15) is 9.59 Å². The van der Waals surface area contributed by atoms with Crippen LogP contribution in [0.3, 0.4) is 0 Å². The number of thiazole rings is 1. The van der Waals surface area contributed by atoms with Crippen LogP contribution in [0.1, 0.15) is 30.4 Å². The van der Waals surface area contributed by atoms with Crippen molar-refractivity contribution in [2.75, 3.05) is 18.0 Å². The van der Waals surface area contributed by atoms with Crippen molar-refractivity contribution in [3.8, 4) is 10.6 Å². The molecule has 3 aromatic carbocycles. The summed E-state index contributed by atoms with van der Waals surface area (Å²) in [5, 5.41) is 4.43. The third kappa shape index (κ3) is 5.07. The van der Waals surface area contributed by atoms with Crippen LogP contribution in [0.15, 0.2) is 72.8 Å². The van der Waals surface area contributed by atoms with Crippen molar-refractivity contribution in [2.24, 2.45) is 0 Å². The van der Waals surface area contributed by atoms with Gasteiger partial charge >= 0.3 is 0 Å². The Balaban J connectivity index is 1.08. The standard InChI is InChI=1S/C30H30N4O2S/c1-20-7-12-25-27(17-20)37-29(32-25)22-8-10-24(11-9-22)34-28(35)18-26(30(34)36)31-23-13-15-33(16-14-23)19-21-5-3-2-4-6-21/h2-12,17,23,26,31H,13-16,18-19H2,1H3. The van der Waals surface area contributed by atoms with Gasteiger partial charge < -0.3 is 5.32 Å². The quantitative estimate of drug-likeness (QED) is 0.363. The van der Waals surface area contributed by atoms with Gasteiger partial charge in [-0.1, -0.05) is 36.4 Å².